The average molecular weight is 262 g/mol. The molecule has 0 unspecified atom stereocenters. The van der Waals surface area contributed by atoms with Crippen LogP contribution >= 0.6 is 11.8 Å². The van der Waals surface area contributed by atoms with Gasteiger partial charge in [-0.2, -0.15) is 0 Å². The Morgan fingerprint density at radius 1 is 1.40 bits per heavy atom. The zero-order valence-corrected chi connectivity index (χ0v) is 12.0. The van der Waals surface area contributed by atoms with E-state index in [1.165, 1.54) is 4.68 Å². The van der Waals surface area contributed by atoms with Crippen molar-refractivity contribution in [2.24, 2.45) is 0 Å². The van der Waals surface area contributed by atoms with Crippen molar-refractivity contribution < 1.29 is 64.3 Å². The molecule has 4 nitrogen and oxygen atoms in total. The van der Waals surface area contributed by atoms with Crippen LogP contribution in [0.15, 0.2) is 5.16 Å². The molecule has 0 saturated heterocycles. The molecule has 0 spiro atoms. The summed E-state index contributed by atoms with van der Waals surface area (Å²) < 4.78 is 37.4. The Morgan fingerprint density at radius 3 is 2.60 bits per heavy atom. The van der Waals surface area contributed by atoms with Crippen molar-refractivity contribution in [2.45, 2.75) is 24.0 Å². The Morgan fingerprint density at radius 2 is 2.07 bits per heavy atom. The van der Waals surface area contributed by atoms with Crippen LogP contribution in [0.2, 0.25) is 0 Å². The van der Waals surface area contributed by atoms with Crippen molar-refractivity contribution in [3.8, 4) is 0 Å². The summed E-state index contributed by atoms with van der Waals surface area (Å²) in [6.07, 6.45) is 1.91. The van der Waals surface area contributed by atoms with Crippen LogP contribution in [0.3, 0.4) is 0 Å². The first-order chi connectivity index (χ1) is 6.56. The van der Waals surface area contributed by atoms with Gasteiger partial charge in [0.2, 0.25) is 5.16 Å². The molecular formula is C5H7BF3KN4S. The first-order valence-electron chi connectivity index (χ1n) is 4.18. The van der Waals surface area contributed by atoms with Gasteiger partial charge >= 0.3 is 58.4 Å². The molecule has 15 heavy (non-hydrogen) atoms. The predicted octanol–water partition coefficient (Wildman–Crippen LogP) is -1.51. The maximum absolute atomic E-state index is 12.0. The minimum absolute atomic E-state index is 0. The monoisotopic (exact) mass is 262 g/mol. The molecule has 1 fully saturated rings. The van der Waals surface area contributed by atoms with Gasteiger partial charge in [-0.25, -0.2) is 4.68 Å². The van der Waals surface area contributed by atoms with Crippen molar-refractivity contribution in [1.82, 2.24) is 20.2 Å². The van der Waals surface area contributed by atoms with Gasteiger partial charge in [0.05, 0.1) is 6.04 Å². The molecule has 0 amide bonds. The molecule has 1 aliphatic carbocycles. The Kier molecular flexibility index (Phi) is 5.12. The fourth-order valence-corrected chi connectivity index (χ4v) is 1.75. The number of halogens is 3. The first-order valence-corrected chi connectivity index (χ1v) is 5.16. The molecule has 0 aromatic carbocycles. The Labute approximate surface area is 131 Å². The third kappa shape index (κ3) is 4.35. The fraction of sp³-hybridized carbons (Fsp3) is 0.800. The number of rotatable bonds is 4. The van der Waals surface area contributed by atoms with Gasteiger partial charge in [0.25, 0.3) is 0 Å². The van der Waals surface area contributed by atoms with E-state index in [4.69, 9.17) is 0 Å². The molecule has 0 radical (unpaired) electrons. The molecule has 0 atom stereocenters. The van der Waals surface area contributed by atoms with Crippen molar-refractivity contribution in [2.75, 3.05) is 5.65 Å². The summed E-state index contributed by atoms with van der Waals surface area (Å²) in [4.78, 5) is 0. The quantitative estimate of drug-likeness (QED) is 0.489. The smallest absolute Gasteiger partial charge is 0.448 e. The average Bonchev–Trinajstić information content (AvgIpc) is 2.81. The molecule has 0 aliphatic heterocycles. The van der Waals surface area contributed by atoms with Crippen molar-refractivity contribution in [3.63, 3.8) is 0 Å². The molecule has 10 heteroatoms. The standard InChI is InChI=1S/C5H7BF3N4S.K/c7-6(8,9)3-14-5-10-11-12-13(5)4-1-2-4;/h4H,1-3H2;/q-1;+1. The van der Waals surface area contributed by atoms with Gasteiger partial charge < -0.3 is 12.9 Å². The number of nitrogens with zero attached hydrogens (tertiary/aromatic N) is 4. The molecule has 2 rings (SSSR count). The molecule has 78 valence electrons. The molecule has 0 bridgehead atoms. The Balaban J connectivity index is 0.00000112. The molecule has 1 aromatic rings. The van der Waals surface area contributed by atoms with E-state index >= 15 is 0 Å². The van der Waals surface area contributed by atoms with Gasteiger partial charge in [-0.05, 0) is 28.9 Å². The molecule has 1 heterocycles. The number of hydrogen-bond acceptors (Lipinski definition) is 4. The SMILES string of the molecule is F[B-](F)(F)CSc1nnnn1C1CC1.[K+]. The van der Waals surface area contributed by atoms with Gasteiger partial charge in [0, 0.05) is 0 Å². The number of tetrazole rings is 1. The van der Waals surface area contributed by atoms with Crippen LogP contribution in [0.5, 0.6) is 0 Å². The van der Waals surface area contributed by atoms with Crippen LogP contribution in [0, 0.1) is 0 Å². The van der Waals surface area contributed by atoms with Crippen molar-refractivity contribution in [1.29, 1.82) is 0 Å². The van der Waals surface area contributed by atoms with Crippen molar-refractivity contribution in [3.05, 3.63) is 0 Å². The normalized spacial score (nSPS) is 16.2. The molecule has 1 saturated carbocycles. The van der Waals surface area contributed by atoms with Crippen LogP contribution in [-0.4, -0.2) is 32.8 Å². The zero-order valence-electron chi connectivity index (χ0n) is 8.11. The van der Waals surface area contributed by atoms with Crippen LogP contribution in [0.25, 0.3) is 0 Å². The topological polar surface area (TPSA) is 43.6 Å². The van der Waals surface area contributed by atoms with Crippen molar-refractivity contribution >= 4 is 18.7 Å². The van der Waals surface area contributed by atoms with E-state index in [0.717, 1.165) is 12.8 Å². The predicted molar refractivity (Wildman–Crippen MR) is 45.9 cm³/mol. The molecule has 1 aromatic heterocycles. The molecule has 1 aliphatic rings. The third-order valence-electron chi connectivity index (χ3n) is 1.76. The molecular weight excluding hydrogens is 255 g/mol. The second-order valence-electron chi connectivity index (χ2n) is 3.16. The van der Waals surface area contributed by atoms with E-state index in [1.807, 2.05) is 0 Å². The number of hydrogen-bond donors (Lipinski definition) is 0. The van der Waals surface area contributed by atoms with Gasteiger partial charge in [0.15, 0.2) is 0 Å². The number of aromatic nitrogens is 4. The van der Waals surface area contributed by atoms with Gasteiger partial charge in [-0.3, -0.25) is 0 Å². The zero-order chi connectivity index (χ0) is 10.2. The fourth-order valence-electron chi connectivity index (χ4n) is 0.998. The van der Waals surface area contributed by atoms with Gasteiger partial charge in [0.1, 0.15) is 0 Å². The Hall–Kier alpha value is 0.911. The molecule has 0 N–H and O–H groups in total. The summed E-state index contributed by atoms with van der Waals surface area (Å²) in [5, 5.41) is 10.8. The summed E-state index contributed by atoms with van der Waals surface area (Å²) in [6.45, 7) is -4.77. The van der Waals surface area contributed by atoms with Crippen LogP contribution < -0.4 is 51.4 Å². The summed E-state index contributed by atoms with van der Waals surface area (Å²) in [6, 6.07) is 0.216. The van der Waals surface area contributed by atoms with E-state index < -0.39 is 12.6 Å². The van der Waals surface area contributed by atoms with Gasteiger partial charge in [-0.15, -0.1) is 16.9 Å². The third-order valence-corrected chi connectivity index (χ3v) is 2.83. The van der Waals surface area contributed by atoms with E-state index in [1.54, 1.807) is 0 Å². The maximum atomic E-state index is 12.0. The number of thioether (sulfide) groups is 1. The summed E-state index contributed by atoms with van der Waals surface area (Å²) in [5.74, 6) is 0. The summed E-state index contributed by atoms with van der Waals surface area (Å²) in [5.41, 5.74) is -0.882. The minimum atomic E-state index is -4.77. The summed E-state index contributed by atoms with van der Waals surface area (Å²) >= 11 is 0.659. The minimum Gasteiger partial charge on any atom is -0.448 e. The first kappa shape index (κ1) is 14.0. The maximum Gasteiger partial charge on any atom is 1.00 e. The second kappa shape index (κ2) is 5.50. The largest absolute Gasteiger partial charge is 1.00 e. The van der Waals surface area contributed by atoms with E-state index in [2.05, 4.69) is 15.5 Å². The van der Waals surface area contributed by atoms with E-state index in [-0.39, 0.29) is 62.6 Å². The van der Waals surface area contributed by atoms with Crippen LogP contribution in [0.1, 0.15) is 18.9 Å². The van der Waals surface area contributed by atoms with Gasteiger partial charge in [-0.1, -0.05) is 0 Å². The Bertz CT molecular complexity index is 328. The summed E-state index contributed by atoms with van der Waals surface area (Å²) in [7, 11) is 0. The van der Waals surface area contributed by atoms with E-state index in [0.29, 0.717) is 11.8 Å². The van der Waals surface area contributed by atoms with Crippen LogP contribution in [-0.2, 0) is 0 Å². The van der Waals surface area contributed by atoms with E-state index in [9.17, 15) is 12.9 Å². The van der Waals surface area contributed by atoms with Crippen LogP contribution in [0.4, 0.5) is 12.9 Å². The second-order valence-corrected chi connectivity index (χ2v) is 4.15.